The van der Waals surface area contributed by atoms with Crippen molar-refractivity contribution >= 4 is 11.6 Å². The highest BCUT2D eigenvalue weighted by Crippen LogP contribution is 2.20. The molecule has 0 radical (unpaired) electrons. The van der Waals surface area contributed by atoms with Crippen LogP contribution >= 0.6 is 11.6 Å². The van der Waals surface area contributed by atoms with Gasteiger partial charge >= 0.3 is 0 Å². The maximum absolute atomic E-state index is 9.56. The van der Waals surface area contributed by atoms with Crippen molar-refractivity contribution in [2.24, 2.45) is 0 Å². The SMILES string of the molecule is Cc1ccc(C(O)C(C)Cl)cc1. The minimum absolute atomic E-state index is 0.243. The zero-order valence-electron chi connectivity index (χ0n) is 7.29. The summed E-state index contributed by atoms with van der Waals surface area (Å²) in [4.78, 5) is 0. The van der Waals surface area contributed by atoms with Gasteiger partial charge in [0.05, 0.1) is 11.5 Å². The van der Waals surface area contributed by atoms with Gasteiger partial charge in [0.1, 0.15) is 0 Å². The Morgan fingerprint density at radius 1 is 1.25 bits per heavy atom. The van der Waals surface area contributed by atoms with E-state index in [0.717, 1.165) is 5.56 Å². The van der Waals surface area contributed by atoms with Crippen molar-refractivity contribution in [1.82, 2.24) is 0 Å². The van der Waals surface area contributed by atoms with Crippen molar-refractivity contribution in [3.05, 3.63) is 35.4 Å². The molecule has 0 fully saturated rings. The predicted molar refractivity (Wildman–Crippen MR) is 51.5 cm³/mol. The summed E-state index contributed by atoms with van der Waals surface area (Å²) >= 11 is 5.75. The first-order chi connectivity index (χ1) is 5.61. The molecule has 1 nitrogen and oxygen atoms in total. The van der Waals surface area contributed by atoms with Crippen LogP contribution in [0.5, 0.6) is 0 Å². The van der Waals surface area contributed by atoms with Gasteiger partial charge < -0.3 is 5.11 Å². The van der Waals surface area contributed by atoms with Gasteiger partial charge in [-0.05, 0) is 19.4 Å². The summed E-state index contributed by atoms with van der Waals surface area (Å²) in [6, 6.07) is 7.74. The molecular formula is C10H13ClO. The van der Waals surface area contributed by atoms with Crippen LogP contribution in [-0.2, 0) is 0 Å². The molecule has 0 saturated heterocycles. The maximum Gasteiger partial charge on any atom is 0.0950 e. The highest BCUT2D eigenvalue weighted by Gasteiger charge is 2.12. The first kappa shape index (κ1) is 9.56. The van der Waals surface area contributed by atoms with E-state index in [-0.39, 0.29) is 5.38 Å². The van der Waals surface area contributed by atoms with Crippen LogP contribution in [0, 0.1) is 6.92 Å². The van der Waals surface area contributed by atoms with Gasteiger partial charge in [-0.15, -0.1) is 11.6 Å². The largest absolute Gasteiger partial charge is 0.387 e. The van der Waals surface area contributed by atoms with Crippen LogP contribution in [0.4, 0.5) is 0 Å². The Morgan fingerprint density at radius 3 is 2.17 bits per heavy atom. The number of hydrogen-bond donors (Lipinski definition) is 1. The fourth-order valence-corrected chi connectivity index (χ4v) is 1.17. The minimum Gasteiger partial charge on any atom is -0.387 e. The quantitative estimate of drug-likeness (QED) is 0.701. The molecule has 0 heterocycles. The van der Waals surface area contributed by atoms with Crippen molar-refractivity contribution < 1.29 is 5.11 Å². The van der Waals surface area contributed by atoms with Crippen LogP contribution in [0.2, 0.25) is 0 Å². The summed E-state index contributed by atoms with van der Waals surface area (Å²) in [5, 5.41) is 9.31. The number of rotatable bonds is 2. The fourth-order valence-electron chi connectivity index (χ4n) is 1.03. The zero-order chi connectivity index (χ0) is 9.14. The van der Waals surface area contributed by atoms with Crippen LogP contribution in [0.1, 0.15) is 24.2 Å². The first-order valence-electron chi connectivity index (χ1n) is 4.00. The topological polar surface area (TPSA) is 20.2 Å². The van der Waals surface area contributed by atoms with Gasteiger partial charge in [0.15, 0.2) is 0 Å². The molecule has 12 heavy (non-hydrogen) atoms. The molecule has 0 spiro atoms. The van der Waals surface area contributed by atoms with Gasteiger partial charge in [-0.1, -0.05) is 29.8 Å². The molecule has 1 rings (SSSR count). The summed E-state index contributed by atoms with van der Waals surface area (Å²) in [6.45, 7) is 3.80. The number of halogens is 1. The second-order valence-corrected chi connectivity index (χ2v) is 3.72. The number of aliphatic hydroxyl groups is 1. The second-order valence-electron chi connectivity index (χ2n) is 3.03. The van der Waals surface area contributed by atoms with E-state index in [9.17, 15) is 5.11 Å². The van der Waals surface area contributed by atoms with Crippen LogP contribution in [0.15, 0.2) is 24.3 Å². The Morgan fingerprint density at radius 2 is 1.75 bits per heavy atom. The molecule has 0 aliphatic heterocycles. The highest BCUT2D eigenvalue weighted by atomic mass is 35.5. The average molecular weight is 185 g/mol. The molecule has 0 saturated carbocycles. The summed E-state index contributed by atoms with van der Waals surface area (Å²) in [6.07, 6.45) is -0.563. The monoisotopic (exact) mass is 184 g/mol. The third kappa shape index (κ3) is 2.23. The molecule has 2 heteroatoms. The Balaban J connectivity index is 2.82. The molecule has 1 aromatic rings. The van der Waals surface area contributed by atoms with Crippen LogP contribution in [-0.4, -0.2) is 10.5 Å². The lowest BCUT2D eigenvalue weighted by atomic mass is 10.1. The van der Waals surface area contributed by atoms with Gasteiger partial charge in [0, 0.05) is 0 Å². The molecule has 0 aromatic heterocycles. The molecular weight excluding hydrogens is 172 g/mol. The summed E-state index contributed by atoms with van der Waals surface area (Å²) < 4.78 is 0. The third-order valence-corrected chi connectivity index (χ3v) is 2.09. The van der Waals surface area contributed by atoms with Crippen molar-refractivity contribution in [3.8, 4) is 0 Å². The zero-order valence-corrected chi connectivity index (χ0v) is 8.05. The van der Waals surface area contributed by atoms with Crippen LogP contribution in [0.25, 0.3) is 0 Å². The molecule has 2 atom stereocenters. The Bertz CT molecular complexity index is 241. The molecule has 0 amide bonds. The first-order valence-corrected chi connectivity index (χ1v) is 4.43. The number of hydrogen-bond acceptors (Lipinski definition) is 1. The van der Waals surface area contributed by atoms with E-state index >= 15 is 0 Å². The summed E-state index contributed by atoms with van der Waals surface area (Å²) in [5.41, 5.74) is 2.07. The van der Waals surface area contributed by atoms with E-state index in [2.05, 4.69) is 0 Å². The molecule has 0 bridgehead atoms. The highest BCUT2D eigenvalue weighted by molar-refractivity contribution is 6.20. The average Bonchev–Trinajstić information content (AvgIpc) is 2.04. The van der Waals surface area contributed by atoms with Gasteiger partial charge in [-0.2, -0.15) is 0 Å². The number of benzene rings is 1. The molecule has 0 aliphatic rings. The minimum atomic E-state index is -0.563. The van der Waals surface area contributed by atoms with Crippen LogP contribution < -0.4 is 0 Å². The van der Waals surface area contributed by atoms with Crippen molar-refractivity contribution in [1.29, 1.82) is 0 Å². The van der Waals surface area contributed by atoms with Crippen molar-refractivity contribution in [3.63, 3.8) is 0 Å². The fraction of sp³-hybridized carbons (Fsp3) is 0.400. The smallest absolute Gasteiger partial charge is 0.0950 e. The number of alkyl halides is 1. The van der Waals surface area contributed by atoms with E-state index < -0.39 is 6.10 Å². The number of aliphatic hydroxyl groups excluding tert-OH is 1. The van der Waals surface area contributed by atoms with E-state index in [1.165, 1.54) is 5.56 Å². The maximum atomic E-state index is 9.56. The third-order valence-electron chi connectivity index (χ3n) is 1.85. The second kappa shape index (κ2) is 3.92. The number of aryl methyl sites for hydroxylation is 1. The van der Waals surface area contributed by atoms with Gasteiger partial charge in [-0.3, -0.25) is 0 Å². The van der Waals surface area contributed by atoms with E-state index in [4.69, 9.17) is 11.6 Å². The summed E-state index contributed by atoms with van der Waals surface area (Å²) in [5.74, 6) is 0. The van der Waals surface area contributed by atoms with Gasteiger partial charge in [0.2, 0.25) is 0 Å². The molecule has 66 valence electrons. The summed E-state index contributed by atoms with van der Waals surface area (Å²) in [7, 11) is 0. The van der Waals surface area contributed by atoms with Crippen molar-refractivity contribution in [2.45, 2.75) is 25.3 Å². The van der Waals surface area contributed by atoms with E-state index in [0.29, 0.717) is 0 Å². The van der Waals surface area contributed by atoms with E-state index in [1.54, 1.807) is 6.92 Å². The normalized spacial score (nSPS) is 15.7. The molecule has 0 aliphatic carbocycles. The lowest BCUT2D eigenvalue weighted by Gasteiger charge is -2.12. The molecule has 1 aromatic carbocycles. The van der Waals surface area contributed by atoms with Crippen LogP contribution in [0.3, 0.4) is 0 Å². The van der Waals surface area contributed by atoms with Gasteiger partial charge in [0.25, 0.3) is 0 Å². The lowest BCUT2D eigenvalue weighted by molar-refractivity contribution is 0.177. The Hall–Kier alpha value is -0.530. The Kier molecular flexibility index (Phi) is 3.12. The standard InChI is InChI=1S/C10H13ClO/c1-7-3-5-9(6-4-7)10(12)8(2)11/h3-6,8,10,12H,1-2H3. The van der Waals surface area contributed by atoms with Crippen molar-refractivity contribution in [2.75, 3.05) is 0 Å². The Labute approximate surface area is 78.0 Å². The van der Waals surface area contributed by atoms with E-state index in [1.807, 2.05) is 31.2 Å². The van der Waals surface area contributed by atoms with Gasteiger partial charge in [-0.25, -0.2) is 0 Å². The molecule has 1 N–H and O–H groups in total. The predicted octanol–water partition coefficient (Wildman–Crippen LogP) is 2.66. The molecule has 2 unspecified atom stereocenters. The lowest BCUT2D eigenvalue weighted by Crippen LogP contribution is -2.07.